The maximum absolute atomic E-state index is 12.0. The molecule has 0 radical (unpaired) electrons. The molecule has 0 aliphatic rings. The average molecular weight is 229 g/mol. The second kappa shape index (κ2) is 5.87. The van der Waals surface area contributed by atoms with Gasteiger partial charge in [0.2, 0.25) is 5.91 Å². The Morgan fingerprint density at radius 3 is 2.12 bits per heavy atom. The van der Waals surface area contributed by atoms with Gasteiger partial charge in [-0.05, 0) is 6.92 Å². The molecule has 0 bridgehead atoms. The van der Waals surface area contributed by atoms with Crippen LogP contribution < -0.4 is 0 Å². The monoisotopic (exact) mass is 229 g/mol. The van der Waals surface area contributed by atoms with Crippen molar-refractivity contribution in [2.45, 2.75) is 34.6 Å². The van der Waals surface area contributed by atoms with Gasteiger partial charge < -0.3 is 9.64 Å². The summed E-state index contributed by atoms with van der Waals surface area (Å²) < 4.78 is 4.65. The molecule has 4 heteroatoms. The lowest BCUT2D eigenvalue weighted by Crippen LogP contribution is -2.43. The predicted molar refractivity (Wildman–Crippen MR) is 62.9 cm³/mol. The number of hydrogen-bond acceptors (Lipinski definition) is 3. The highest BCUT2D eigenvalue weighted by Crippen LogP contribution is 2.18. The van der Waals surface area contributed by atoms with Gasteiger partial charge in [-0.2, -0.15) is 0 Å². The number of ether oxygens (including phenoxy) is 1. The standard InChI is InChI=1S/C12H23NO3/c1-7-13(11(15)12(3,4)5)8-9(2)10(14)16-6/h9H,7-8H2,1-6H3. The van der Waals surface area contributed by atoms with Crippen LogP contribution in [-0.2, 0) is 14.3 Å². The highest BCUT2D eigenvalue weighted by atomic mass is 16.5. The summed E-state index contributed by atoms with van der Waals surface area (Å²) in [6, 6.07) is 0. The molecule has 0 aromatic heterocycles. The normalized spacial score (nSPS) is 13.1. The van der Waals surface area contributed by atoms with Crippen molar-refractivity contribution >= 4 is 11.9 Å². The molecule has 1 unspecified atom stereocenters. The van der Waals surface area contributed by atoms with Crippen LogP contribution in [0.15, 0.2) is 0 Å². The first-order chi connectivity index (χ1) is 7.23. The Bertz CT molecular complexity index is 255. The molecule has 0 spiro atoms. The number of amides is 1. The van der Waals surface area contributed by atoms with Gasteiger partial charge in [0.15, 0.2) is 0 Å². The molecule has 0 aromatic rings. The first-order valence-corrected chi connectivity index (χ1v) is 5.61. The van der Waals surface area contributed by atoms with E-state index >= 15 is 0 Å². The lowest BCUT2D eigenvalue weighted by Gasteiger charge is -2.29. The molecule has 0 N–H and O–H groups in total. The van der Waals surface area contributed by atoms with E-state index in [1.807, 2.05) is 27.7 Å². The van der Waals surface area contributed by atoms with E-state index in [1.54, 1.807) is 11.8 Å². The van der Waals surface area contributed by atoms with Crippen molar-refractivity contribution in [3.63, 3.8) is 0 Å². The van der Waals surface area contributed by atoms with Gasteiger partial charge in [-0.15, -0.1) is 0 Å². The zero-order valence-corrected chi connectivity index (χ0v) is 11.2. The molecule has 0 aliphatic carbocycles. The van der Waals surface area contributed by atoms with E-state index < -0.39 is 5.41 Å². The lowest BCUT2D eigenvalue weighted by molar-refractivity contribution is -0.147. The van der Waals surface area contributed by atoms with Crippen molar-refractivity contribution in [1.29, 1.82) is 0 Å². The van der Waals surface area contributed by atoms with E-state index in [-0.39, 0.29) is 17.8 Å². The van der Waals surface area contributed by atoms with Crippen LogP contribution in [0.2, 0.25) is 0 Å². The topological polar surface area (TPSA) is 46.6 Å². The number of nitrogens with zero attached hydrogens (tertiary/aromatic N) is 1. The molecule has 0 aromatic carbocycles. The molecular weight excluding hydrogens is 206 g/mol. The maximum atomic E-state index is 12.0. The predicted octanol–water partition coefficient (Wildman–Crippen LogP) is 1.69. The minimum atomic E-state index is -0.411. The van der Waals surface area contributed by atoms with E-state index in [4.69, 9.17) is 0 Å². The fraction of sp³-hybridized carbons (Fsp3) is 0.833. The third-order valence-electron chi connectivity index (χ3n) is 2.41. The Hall–Kier alpha value is -1.06. The van der Waals surface area contributed by atoms with Gasteiger partial charge >= 0.3 is 5.97 Å². The minimum Gasteiger partial charge on any atom is -0.469 e. The van der Waals surface area contributed by atoms with Crippen molar-refractivity contribution in [3.05, 3.63) is 0 Å². The van der Waals surface area contributed by atoms with Crippen LogP contribution in [0.4, 0.5) is 0 Å². The van der Waals surface area contributed by atoms with Gasteiger partial charge in [0, 0.05) is 18.5 Å². The number of esters is 1. The molecule has 0 aliphatic heterocycles. The van der Waals surface area contributed by atoms with Gasteiger partial charge in [-0.3, -0.25) is 9.59 Å². The highest BCUT2D eigenvalue weighted by molar-refractivity contribution is 5.82. The quantitative estimate of drug-likeness (QED) is 0.689. The van der Waals surface area contributed by atoms with Crippen LogP contribution in [0.25, 0.3) is 0 Å². The van der Waals surface area contributed by atoms with Crippen LogP contribution in [0.5, 0.6) is 0 Å². The first kappa shape index (κ1) is 14.9. The zero-order chi connectivity index (χ0) is 12.9. The Morgan fingerprint density at radius 1 is 1.31 bits per heavy atom. The Labute approximate surface area is 98.0 Å². The van der Waals surface area contributed by atoms with Gasteiger partial charge in [0.05, 0.1) is 13.0 Å². The summed E-state index contributed by atoms with van der Waals surface area (Å²) in [7, 11) is 1.36. The minimum absolute atomic E-state index is 0.0609. The summed E-state index contributed by atoms with van der Waals surface area (Å²) in [5, 5.41) is 0. The number of carbonyl (C=O) groups is 2. The third kappa shape index (κ3) is 4.21. The van der Waals surface area contributed by atoms with Crippen molar-refractivity contribution in [3.8, 4) is 0 Å². The van der Waals surface area contributed by atoms with Crippen molar-refractivity contribution in [2.75, 3.05) is 20.2 Å². The van der Waals surface area contributed by atoms with E-state index in [9.17, 15) is 9.59 Å². The van der Waals surface area contributed by atoms with E-state index in [1.165, 1.54) is 7.11 Å². The molecule has 0 saturated heterocycles. The summed E-state index contributed by atoms with van der Waals surface area (Å²) in [6.45, 7) is 10.3. The SMILES string of the molecule is CCN(CC(C)C(=O)OC)C(=O)C(C)(C)C. The number of rotatable bonds is 4. The molecule has 4 nitrogen and oxygen atoms in total. The molecule has 94 valence electrons. The molecule has 0 heterocycles. The summed E-state index contributed by atoms with van der Waals surface area (Å²) in [4.78, 5) is 25.0. The van der Waals surface area contributed by atoms with Crippen LogP contribution >= 0.6 is 0 Å². The smallest absolute Gasteiger partial charge is 0.310 e. The molecule has 0 saturated carbocycles. The Balaban J connectivity index is 4.53. The van der Waals surface area contributed by atoms with Crippen molar-refractivity contribution in [1.82, 2.24) is 4.90 Å². The maximum Gasteiger partial charge on any atom is 0.310 e. The van der Waals surface area contributed by atoms with Crippen LogP contribution in [0, 0.1) is 11.3 Å². The number of hydrogen-bond donors (Lipinski definition) is 0. The fourth-order valence-electron chi connectivity index (χ4n) is 1.44. The van der Waals surface area contributed by atoms with E-state index in [0.717, 1.165) is 0 Å². The molecule has 1 amide bonds. The summed E-state index contributed by atoms with van der Waals surface area (Å²) in [5.41, 5.74) is -0.411. The zero-order valence-electron chi connectivity index (χ0n) is 11.2. The molecule has 1 atom stereocenters. The number of methoxy groups -OCH3 is 1. The van der Waals surface area contributed by atoms with Gasteiger partial charge in [-0.1, -0.05) is 27.7 Å². The largest absolute Gasteiger partial charge is 0.469 e. The molecule has 16 heavy (non-hydrogen) atoms. The second-order valence-corrected chi connectivity index (χ2v) is 5.02. The van der Waals surface area contributed by atoms with E-state index in [2.05, 4.69) is 4.74 Å². The summed E-state index contributed by atoms with van der Waals surface area (Å²) >= 11 is 0. The Kier molecular flexibility index (Phi) is 5.48. The van der Waals surface area contributed by atoms with Crippen LogP contribution in [-0.4, -0.2) is 37.0 Å². The Morgan fingerprint density at radius 2 is 1.81 bits per heavy atom. The van der Waals surface area contributed by atoms with Crippen molar-refractivity contribution in [2.24, 2.45) is 11.3 Å². The van der Waals surface area contributed by atoms with Crippen LogP contribution in [0.1, 0.15) is 34.6 Å². The fourth-order valence-corrected chi connectivity index (χ4v) is 1.44. The molecule has 0 rings (SSSR count). The molecular formula is C12H23NO3. The van der Waals surface area contributed by atoms with Gasteiger partial charge in [0.1, 0.15) is 0 Å². The van der Waals surface area contributed by atoms with E-state index in [0.29, 0.717) is 13.1 Å². The second-order valence-electron chi connectivity index (χ2n) is 5.02. The number of carbonyl (C=O) groups excluding carboxylic acids is 2. The highest BCUT2D eigenvalue weighted by Gasteiger charge is 2.28. The first-order valence-electron chi connectivity index (χ1n) is 5.61. The van der Waals surface area contributed by atoms with Crippen molar-refractivity contribution < 1.29 is 14.3 Å². The average Bonchev–Trinajstić information content (AvgIpc) is 2.21. The molecule has 0 fully saturated rings. The van der Waals surface area contributed by atoms with Gasteiger partial charge in [0.25, 0.3) is 0 Å². The summed E-state index contributed by atoms with van der Waals surface area (Å²) in [5.74, 6) is -0.498. The summed E-state index contributed by atoms with van der Waals surface area (Å²) in [6.07, 6.45) is 0. The lowest BCUT2D eigenvalue weighted by atomic mass is 9.94. The van der Waals surface area contributed by atoms with Gasteiger partial charge in [-0.25, -0.2) is 0 Å². The van der Waals surface area contributed by atoms with Crippen LogP contribution in [0.3, 0.4) is 0 Å². The third-order valence-corrected chi connectivity index (χ3v) is 2.41.